The number of fused-ring (bicyclic) bond motifs is 4. The monoisotopic (exact) mass is 754 g/mol. The molecule has 0 unspecified atom stereocenters. The largest absolute Gasteiger partial charge is 3.00 e. The number of nitrogens with one attached hydrogen (secondary N) is 4. The van der Waals surface area contributed by atoms with E-state index < -0.39 is 0 Å². The van der Waals surface area contributed by atoms with Crippen molar-refractivity contribution in [2.75, 3.05) is 26.2 Å². The minimum atomic E-state index is -0.0136. The predicted octanol–water partition coefficient (Wildman–Crippen LogP) is 8.27. The average Bonchev–Trinajstić information content (AvgIpc) is 2.97. The van der Waals surface area contributed by atoms with E-state index in [2.05, 4.69) is 115 Å². The zero-order valence-corrected chi connectivity index (χ0v) is 34.3. The van der Waals surface area contributed by atoms with Crippen LogP contribution in [0.1, 0.15) is 128 Å². The van der Waals surface area contributed by atoms with Crippen LogP contribution in [-0.2, 0) is 70.0 Å². The van der Waals surface area contributed by atoms with Crippen LogP contribution in [0.15, 0.2) is 24.3 Å². The smallest absolute Gasteiger partial charge is 0.507 e. The molecular weight excluding hydrogens is 686 g/mol. The van der Waals surface area contributed by atoms with Crippen LogP contribution >= 0.6 is 0 Å². The summed E-state index contributed by atoms with van der Waals surface area (Å²) in [7, 11) is 0. The van der Waals surface area contributed by atoms with E-state index in [1.165, 1.54) is 11.1 Å². The summed E-state index contributed by atoms with van der Waals surface area (Å²) in [6.45, 7) is 28.4. The molecule has 0 fully saturated rings. The fourth-order valence-corrected chi connectivity index (χ4v) is 6.40. The Bertz CT molecular complexity index is 1070. The van der Waals surface area contributed by atoms with Crippen molar-refractivity contribution in [2.24, 2.45) is 10.8 Å². The molecule has 0 saturated carbocycles. The standard InChI is InChI=1S/C38H64N4O2.2CH3.2Ni/c1-11-37(12-2)23-39-19-27-15-31(35(5,6)7)17-29(33(27)43)21-41-25-38(13-3,14-4)26-42-22-30-18-32(36(8,9)10)16-28(34(30)44)20-40-24-37;;;;/h15-18,39-44H,11-14,19-26H2,1-10H3;2*1H3;;/q;2*-1;2*+3. The van der Waals surface area contributed by atoms with Crippen molar-refractivity contribution in [3.8, 4) is 11.5 Å². The van der Waals surface area contributed by atoms with E-state index in [0.29, 0.717) is 37.7 Å². The van der Waals surface area contributed by atoms with E-state index in [0.717, 1.165) is 74.1 Å². The molecule has 0 spiro atoms. The van der Waals surface area contributed by atoms with Gasteiger partial charge in [0, 0.05) is 74.6 Å². The second-order valence-corrected chi connectivity index (χ2v) is 15.6. The van der Waals surface area contributed by atoms with Crippen LogP contribution < -0.4 is 21.3 Å². The fourth-order valence-electron chi connectivity index (χ4n) is 6.40. The quantitative estimate of drug-likeness (QED) is 0.139. The van der Waals surface area contributed by atoms with Gasteiger partial charge in [-0.1, -0.05) is 93.5 Å². The van der Waals surface area contributed by atoms with Crippen molar-refractivity contribution in [2.45, 2.75) is 132 Å². The zero-order valence-electron chi connectivity index (χ0n) is 32.3. The molecule has 0 atom stereocenters. The Morgan fingerprint density at radius 3 is 0.875 bits per heavy atom. The van der Waals surface area contributed by atoms with Crippen LogP contribution in [0.3, 0.4) is 0 Å². The minimum absolute atomic E-state index is 0. The Hall–Kier alpha value is -1.13. The summed E-state index contributed by atoms with van der Waals surface area (Å²) in [5.74, 6) is 0.814. The van der Waals surface area contributed by atoms with Crippen LogP contribution in [0, 0.1) is 25.7 Å². The molecule has 1 aliphatic rings. The molecule has 0 saturated heterocycles. The summed E-state index contributed by atoms with van der Waals surface area (Å²) in [4.78, 5) is 0. The van der Waals surface area contributed by atoms with Crippen molar-refractivity contribution >= 4 is 0 Å². The van der Waals surface area contributed by atoms with Gasteiger partial charge in [-0.3, -0.25) is 0 Å². The van der Waals surface area contributed by atoms with Gasteiger partial charge in [0.05, 0.1) is 0 Å². The number of aromatic hydroxyl groups is 2. The molecule has 6 N–H and O–H groups in total. The molecule has 278 valence electrons. The fraction of sp³-hybridized carbons (Fsp3) is 0.650. The van der Waals surface area contributed by atoms with Crippen molar-refractivity contribution in [1.29, 1.82) is 0 Å². The topological polar surface area (TPSA) is 88.6 Å². The molecule has 48 heavy (non-hydrogen) atoms. The van der Waals surface area contributed by atoms with E-state index >= 15 is 0 Å². The van der Waals surface area contributed by atoms with Gasteiger partial charge >= 0.3 is 33.0 Å². The Morgan fingerprint density at radius 2 is 0.708 bits per heavy atom. The van der Waals surface area contributed by atoms with Gasteiger partial charge in [0.25, 0.3) is 0 Å². The number of phenolic OH excluding ortho intramolecular Hbond substituents is 2. The SMILES string of the molecule is CCC1(CC)CNCc2cc(C(C)(C)C)cc(c2O)CNCC(CC)(CC)CNCc2cc(C(C)(C)C)cc(c2O)CNC1.[CH3-].[CH3-].[Ni+3].[Ni+3]. The third kappa shape index (κ3) is 12.6. The first-order valence-electron chi connectivity index (χ1n) is 17.2. The van der Waals surface area contributed by atoms with Gasteiger partial charge in [0.15, 0.2) is 0 Å². The van der Waals surface area contributed by atoms with Gasteiger partial charge in [0.2, 0.25) is 0 Å². The van der Waals surface area contributed by atoms with E-state index in [-0.39, 0.29) is 69.5 Å². The van der Waals surface area contributed by atoms with Crippen molar-refractivity contribution in [1.82, 2.24) is 21.3 Å². The average molecular weight is 756 g/mol. The molecule has 2 aromatic rings. The van der Waals surface area contributed by atoms with Crippen LogP contribution in [0.25, 0.3) is 0 Å². The van der Waals surface area contributed by atoms with Gasteiger partial charge in [-0.25, -0.2) is 0 Å². The zero-order chi connectivity index (χ0) is 32.8. The molecule has 1 heterocycles. The molecule has 0 amide bonds. The van der Waals surface area contributed by atoms with Crippen LogP contribution in [0.4, 0.5) is 0 Å². The Balaban J connectivity index is 0. The number of hydrogen-bond donors (Lipinski definition) is 6. The summed E-state index contributed by atoms with van der Waals surface area (Å²) in [5, 5.41) is 37.8. The molecule has 3 rings (SSSR count). The third-order valence-electron chi connectivity index (χ3n) is 10.5. The number of hydrogen-bond acceptors (Lipinski definition) is 6. The van der Waals surface area contributed by atoms with E-state index in [4.69, 9.17) is 0 Å². The Labute approximate surface area is 316 Å². The Kier molecular flexibility index (Phi) is 21.1. The molecular formula is C40H70N4Ni2O2+4. The number of phenols is 2. The van der Waals surface area contributed by atoms with Crippen molar-refractivity contribution in [3.63, 3.8) is 0 Å². The van der Waals surface area contributed by atoms with Crippen LogP contribution in [0.2, 0.25) is 0 Å². The van der Waals surface area contributed by atoms with Gasteiger partial charge in [-0.15, -0.1) is 0 Å². The first-order valence-corrected chi connectivity index (χ1v) is 17.2. The van der Waals surface area contributed by atoms with Crippen LogP contribution in [-0.4, -0.2) is 36.4 Å². The molecule has 4 bridgehead atoms. The second-order valence-electron chi connectivity index (χ2n) is 15.6. The second kappa shape index (κ2) is 20.7. The maximum absolute atomic E-state index is 11.4. The summed E-state index contributed by atoms with van der Waals surface area (Å²) in [6, 6.07) is 8.74. The van der Waals surface area contributed by atoms with E-state index in [9.17, 15) is 10.2 Å². The van der Waals surface area contributed by atoms with E-state index in [1.807, 2.05) is 0 Å². The predicted molar refractivity (Wildman–Crippen MR) is 199 cm³/mol. The first kappa shape index (κ1) is 49.0. The maximum atomic E-state index is 11.4. The van der Waals surface area contributed by atoms with Crippen molar-refractivity contribution in [3.05, 3.63) is 72.5 Å². The van der Waals surface area contributed by atoms with Crippen molar-refractivity contribution < 1.29 is 43.2 Å². The maximum Gasteiger partial charge on any atom is 3.00 e. The molecule has 0 aliphatic carbocycles. The third-order valence-corrected chi connectivity index (χ3v) is 10.5. The minimum Gasteiger partial charge on any atom is -0.507 e. The summed E-state index contributed by atoms with van der Waals surface area (Å²) in [6.07, 6.45) is 4.14. The summed E-state index contributed by atoms with van der Waals surface area (Å²) in [5.41, 5.74) is 6.46. The molecule has 2 aromatic carbocycles. The number of rotatable bonds is 4. The molecule has 1 aliphatic heterocycles. The summed E-state index contributed by atoms with van der Waals surface area (Å²) >= 11 is 0. The van der Waals surface area contributed by atoms with Gasteiger partial charge in [0.1, 0.15) is 11.5 Å². The molecule has 8 heteroatoms. The summed E-state index contributed by atoms with van der Waals surface area (Å²) < 4.78 is 0. The Morgan fingerprint density at radius 1 is 0.500 bits per heavy atom. The molecule has 0 aromatic heterocycles. The van der Waals surface area contributed by atoms with Crippen LogP contribution in [0.5, 0.6) is 11.5 Å². The van der Waals surface area contributed by atoms with Gasteiger partial charge in [-0.05, 0) is 58.5 Å². The van der Waals surface area contributed by atoms with Gasteiger partial charge in [-0.2, -0.15) is 0 Å². The van der Waals surface area contributed by atoms with Gasteiger partial charge < -0.3 is 46.3 Å². The first-order chi connectivity index (χ1) is 20.6. The number of benzene rings is 2. The molecule has 2 radical (unpaired) electrons. The molecule has 6 nitrogen and oxygen atoms in total. The normalized spacial score (nSPS) is 17.4. The van der Waals surface area contributed by atoms with E-state index in [1.54, 1.807) is 0 Å².